The first kappa shape index (κ1) is 13.4. The molecule has 1 N–H and O–H groups in total. The SMILES string of the molecule is COCCNc1nc(-c2scnc2COC)cs1. The fourth-order valence-corrected chi connectivity index (χ4v) is 3.00. The molecule has 2 heterocycles. The summed E-state index contributed by atoms with van der Waals surface area (Å²) >= 11 is 3.17. The Balaban J connectivity index is 2.06. The lowest BCUT2D eigenvalue weighted by atomic mass is 10.3. The van der Waals surface area contributed by atoms with Crippen molar-refractivity contribution in [3.63, 3.8) is 0 Å². The first-order valence-electron chi connectivity index (χ1n) is 5.45. The highest BCUT2D eigenvalue weighted by Gasteiger charge is 2.11. The van der Waals surface area contributed by atoms with Gasteiger partial charge in [0.25, 0.3) is 0 Å². The maximum absolute atomic E-state index is 5.12. The molecule has 0 aromatic carbocycles. The van der Waals surface area contributed by atoms with Gasteiger partial charge in [-0.15, -0.1) is 22.7 Å². The standard InChI is InChI=1S/C11H15N3O2S2/c1-15-4-3-12-11-14-9(6-17-11)10-8(5-16-2)13-7-18-10/h6-7H,3-5H2,1-2H3,(H,12,14). The van der Waals surface area contributed by atoms with Crippen molar-refractivity contribution in [3.05, 3.63) is 16.6 Å². The molecule has 7 heteroatoms. The van der Waals surface area contributed by atoms with Crippen LogP contribution in [0.25, 0.3) is 10.6 Å². The van der Waals surface area contributed by atoms with Crippen LogP contribution in [0.15, 0.2) is 10.9 Å². The molecule has 0 fully saturated rings. The van der Waals surface area contributed by atoms with Crippen molar-refractivity contribution in [2.75, 3.05) is 32.7 Å². The van der Waals surface area contributed by atoms with Gasteiger partial charge in [0.1, 0.15) is 0 Å². The Kier molecular flexibility index (Phi) is 5.06. The number of ether oxygens (including phenoxy) is 2. The summed E-state index contributed by atoms with van der Waals surface area (Å²) in [4.78, 5) is 9.90. The summed E-state index contributed by atoms with van der Waals surface area (Å²) < 4.78 is 10.1. The maximum atomic E-state index is 5.12. The van der Waals surface area contributed by atoms with Crippen molar-refractivity contribution in [1.82, 2.24) is 9.97 Å². The summed E-state index contributed by atoms with van der Waals surface area (Å²) in [5.74, 6) is 0. The van der Waals surface area contributed by atoms with E-state index in [-0.39, 0.29) is 0 Å². The molecule has 0 saturated heterocycles. The molecule has 0 aliphatic heterocycles. The second-order valence-corrected chi connectivity index (χ2v) is 5.23. The van der Waals surface area contributed by atoms with E-state index in [1.54, 1.807) is 36.9 Å². The summed E-state index contributed by atoms with van der Waals surface area (Å²) in [5.41, 5.74) is 3.71. The first-order valence-corrected chi connectivity index (χ1v) is 7.21. The predicted molar refractivity (Wildman–Crippen MR) is 74.3 cm³/mol. The van der Waals surface area contributed by atoms with E-state index in [4.69, 9.17) is 9.47 Å². The second kappa shape index (κ2) is 6.79. The minimum atomic E-state index is 0.517. The molecule has 0 atom stereocenters. The van der Waals surface area contributed by atoms with E-state index in [2.05, 4.69) is 15.3 Å². The largest absolute Gasteiger partial charge is 0.383 e. The van der Waals surface area contributed by atoms with Crippen LogP contribution in [0.2, 0.25) is 0 Å². The Morgan fingerprint density at radius 3 is 2.94 bits per heavy atom. The van der Waals surface area contributed by atoms with Crippen LogP contribution < -0.4 is 5.32 Å². The summed E-state index contributed by atoms with van der Waals surface area (Å²) in [7, 11) is 3.35. The van der Waals surface area contributed by atoms with Crippen LogP contribution in [0.4, 0.5) is 5.13 Å². The molecule has 0 bridgehead atoms. The first-order chi connectivity index (χ1) is 8.85. The lowest BCUT2D eigenvalue weighted by Crippen LogP contribution is -2.07. The quantitative estimate of drug-likeness (QED) is 0.792. The second-order valence-electron chi connectivity index (χ2n) is 3.52. The Labute approximate surface area is 114 Å². The number of nitrogens with zero attached hydrogens (tertiary/aromatic N) is 2. The van der Waals surface area contributed by atoms with Gasteiger partial charge in [-0.25, -0.2) is 9.97 Å². The van der Waals surface area contributed by atoms with Crippen molar-refractivity contribution in [2.45, 2.75) is 6.61 Å². The summed E-state index contributed by atoms with van der Waals surface area (Å²) in [6.07, 6.45) is 0. The van der Waals surface area contributed by atoms with Crippen LogP contribution in [-0.2, 0) is 16.1 Å². The smallest absolute Gasteiger partial charge is 0.183 e. The van der Waals surface area contributed by atoms with Gasteiger partial charge in [0.05, 0.1) is 35.0 Å². The highest BCUT2D eigenvalue weighted by molar-refractivity contribution is 7.15. The molecule has 0 radical (unpaired) electrons. The van der Waals surface area contributed by atoms with Gasteiger partial charge in [-0.1, -0.05) is 0 Å². The van der Waals surface area contributed by atoms with Crippen LogP contribution in [-0.4, -0.2) is 37.3 Å². The van der Waals surface area contributed by atoms with Gasteiger partial charge < -0.3 is 14.8 Å². The van der Waals surface area contributed by atoms with E-state index >= 15 is 0 Å². The topological polar surface area (TPSA) is 56.3 Å². The van der Waals surface area contributed by atoms with Crippen molar-refractivity contribution in [1.29, 1.82) is 0 Å². The van der Waals surface area contributed by atoms with Crippen LogP contribution in [0, 0.1) is 0 Å². The number of thiazole rings is 2. The Morgan fingerprint density at radius 2 is 2.17 bits per heavy atom. The monoisotopic (exact) mass is 285 g/mol. The minimum absolute atomic E-state index is 0.517. The van der Waals surface area contributed by atoms with Crippen LogP contribution in [0.3, 0.4) is 0 Å². The number of hydrogen-bond donors (Lipinski definition) is 1. The zero-order valence-electron chi connectivity index (χ0n) is 10.3. The molecular weight excluding hydrogens is 270 g/mol. The molecule has 5 nitrogen and oxygen atoms in total. The zero-order chi connectivity index (χ0) is 12.8. The molecule has 2 rings (SSSR count). The highest BCUT2D eigenvalue weighted by atomic mass is 32.1. The molecule has 0 unspecified atom stereocenters. The van der Waals surface area contributed by atoms with Crippen molar-refractivity contribution >= 4 is 27.8 Å². The van der Waals surface area contributed by atoms with Crippen molar-refractivity contribution in [2.24, 2.45) is 0 Å². The van der Waals surface area contributed by atoms with Gasteiger partial charge >= 0.3 is 0 Å². The molecule has 2 aromatic heterocycles. The van der Waals surface area contributed by atoms with E-state index in [1.165, 1.54) is 0 Å². The predicted octanol–water partition coefficient (Wildman–Crippen LogP) is 2.47. The van der Waals surface area contributed by atoms with Crippen molar-refractivity contribution < 1.29 is 9.47 Å². The Morgan fingerprint density at radius 1 is 1.28 bits per heavy atom. The molecular formula is C11H15N3O2S2. The van der Waals surface area contributed by atoms with Crippen molar-refractivity contribution in [3.8, 4) is 10.6 Å². The number of nitrogens with one attached hydrogen (secondary N) is 1. The number of methoxy groups -OCH3 is 2. The Hall–Kier alpha value is -1.02. The van der Waals surface area contributed by atoms with E-state index in [0.29, 0.717) is 13.2 Å². The number of hydrogen-bond acceptors (Lipinski definition) is 7. The lowest BCUT2D eigenvalue weighted by molar-refractivity contribution is 0.182. The summed E-state index contributed by atoms with van der Waals surface area (Å²) in [5, 5.41) is 6.15. The third-order valence-electron chi connectivity index (χ3n) is 2.24. The molecule has 98 valence electrons. The maximum Gasteiger partial charge on any atom is 0.183 e. The average molecular weight is 285 g/mol. The van der Waals surface area contributed by atoms with Crippen LogP contribution in [0.1, 0.15) is 5.69 Å². The molecule has 2 aromatic rings. The van der Waals surface area contributed by atoms with E-state index in [1.807, 2.05) is 10.9 Å². The fourth-order valence-electron chi connectivity index (χ4n) is 1.44. The molecule has 0 spiro atoms. The third-order valence-corrected chi connectivity index (χ3v) is 3.93. The highest BCUT2D eigenvalue weighted by Crippen LogP contribution is 2.30. The third kappa shape index (κ3) is 3.26. The lowest BCUT2D eigenvalue weighted by Gasteiger charge is -2.00. The Bertz CT molecular complexity index is 484. The van der Waals surface area contributed by atoms with Gasteiger partial charge in [0.15, 0.2) is 5.13 Å². The fraction of sp³-hybridized carbons (Fsp3) is 0.455. The van der Waals surface area contributed by atoms with Crippen LogP contribution in [0.5, 0.6) is 0 Å². The number of rotatable bonds is 7. The van der Waals surface area contributed by atoms with Gasteiger partial charge in [-0.2, -0.15) is 0 Å². The van der Waals surface area contributed by atoms with Gasteiger partial charge in [-0.3, -0.25) is 0 Å². The molecule has 0 aliphatic carbocycles. The van der Waals surface area contributed by atoms with Gasteiger partial charge in [0, 0.05) is 26.1 Å². The molecule has 0 aliphatic rings. The number of anilines is 1. The van der Waals surface area contributed by atoms with E-state index in [9.17, 15) is 0 Å². The van der Waals surface area contributed by atoms with Gasteiger partial charge in [0.2, 0.25) is 0 Å². The molecule has 0 amide bonds. The van der Waals surface area contributed by atoms with E-state index < -0.39 is 0 Å². The van der Waals surface area contributed by atoms with Crippen LogP contribution >= 0.6 is 22.7 Å². The number of aromatic nitrogens is 2. The zero-order valence-corrected chi connectivity index (χ0v) is 11.9. The molecule has 0 saturated carbocycles. The summed E-state index contributed by atoms with van der Waals surface area (Å²) in [6, 6.07) is 0. The summed E-state index contributed by atoms with van der Waals surface area (Å²) in [6.45, 7) is 1.95. The minimum Gasteiger partial charge on any atom is -0.383 e. The molecule has 18 heavy (non-hydrogen) atoms. The van der Waals surface area contributed by atoms with E-state index in [0.717, 1.165) is 27.9 Å². The average Bonchev–Trinajstić information content (AvgIpc) is 2.98. The van der Waals surface area contributed by atoms with Gasteiger partial charge in [-0.05, 0) is 0 Å². The normalized spacial score (nSPS) is 10.8.